The molecule has 1 atom stereocenters. The third-order valence-electron chi connectivity index (χ3n) is 2.88. The molecule has 0 radical (unpaired) electrons. The van der Waals surface area contributed by atoms with Crippen molar-refractivity contribution in [1.82, 2.24) is 0 Å². The van der Waals surface area contributed by atoms with Crippen LogP contribution < -0.4 is 0 Å². The fourth-order valence-electron chi connectivity index (χ4n) is 1.66. The molecule has 1 unspecified atom stereocenters. The Hall–Kier alpha value is -1.38. The summed E-state index contributed by atoms with van der Waals surface area (Å²) in [6, 6.07) is 0. The van der Waals surface area contributed by atoms with Crippen molar-refractivity contribution in [3.05, 3.63) is 23.3 Å². The van der Waals surface area contributed by atoms with Crippen LogP contribution in [0.2, 0.25) is 0 Å². The van der Waals surface area contributed by atoms with Gasteiger partial charge in [-0.1, -0.05) is 24.6 Å². The van der Waals surface area contributed by atoms with Crippen molar-refractivity contribution in [3.63, 3.8) is 0 Å². The van der Waals surface area contributed by atoms with E-state index in [2.05, 4.69) is 26.8 Å². The number of allylic oxidation sites excluding steroid dienone is 3. The number of aldehydes is 1. The molecular weight excluding hydrogens is 228 g/mol. The molecule has 0 rings (SSSR count). The van der Waals surface area contributed by atoms with Gasteiger partial charge in [-0.25, -0.2) is 4.79 Å². The van der Waals surface area contributed by atoms with Crippen LogP contribution in [-0.2, 0) is 14.3 Å². The van der Waals surface area contributed by atoms with Crippen molar-refractivity contribution in [1.29, 1.82) is 0 Å². The summed E-state index contributed by atoms with van der Waals surface area (Å²) in [6.07, 6.45) is 7.60. The summed E-state index contributed by atoms with van der Waals surface area (Å²) in [4.78, 5) is 21.4. The smallest absolute Gasteiger partial charge is 0.333 e. The number of hydrogen-bond acceptors (Lipinski definition) is 3. The first-order valence-electron chi connectivity index (χ1n) is 6.40. The number of carbonyl (C=O) groups excluding carboxylic acids is 2. The zero-order valence-corrected chi connectivity index (χ0v) is 11.9. The van der Waals surface area contributed by atoms with Crippen molar-refractivity contribution in [3.8, 4) is 0 Å². The van der Waals surface area contributed by atoms with Crippen LogP contribution in [0.5, 0.6) is 0 Å². The van der Waals surface area contributed by atoms with Crippen LogP contribution in [-0.4, -0.2) is 18.9 Å². The Bertz CT molecular complexity index is 327. The molecule has 3 nitrogen and oxygen atoms in total. The lowest BCUT2D eigenvalue weighted by Crippen LogP contribution is -2.07. The van der Waals surface area contributed by atoms with Crippen LogP contribution in [0.3, 0.4) is 0 Å². The monoisotopic (exact) mass is 252 g/mol. The first-order chi connectivity index (χ1) is 8.51. The second-order valence-corrected chi connectivity index (χ2v) is 4.67. The van der Waals surface area contributed by atoms with Crippen molar-refractivity contribution in [2.24, 2.45) is 5.92 Å². The standard InChI is InChI=1S/C15H24O3/c1-5-12(2)11-13(3)7-6-8-14(4)15(17)18-10-9-16/h5,8-9,13H,6-7,10-11H2,1-4H3/b12-5+,14-8+. The zero-order valence-electron chi connectivity index (χ0n) is 11.9. The van der Waals surface area contributed by atoms with Gasteiger partial charge in [-0.05, 0) is 46.0 Å². The van der Waals surface area contributed by atoms with E-state index in [1.807, 2.05) is 6.08 Å². The summed E-state index contributed by atoms with van der Waals surface area (Å²) in [6.45, 7) is 7.94. The summed E-state index contributed by atoms with van der Waals surface area (Å²) in [5, 5.41) is 0. The van der Waals surface area contributed by atoms with Crippen molar-refractivity contribution < 1.29 is 14.3 Å². The topological polar surface area (TPSA) is 43.4 Å². The predicted molar refractivity (Wildman–Crippen MR) is 73.2 cm³/mol. The molecule has 0 bridgehead atoms. The van der Waals surface area contributed by atoms with Gasteiger partial charge in [0.15, 0.2) is 6.29 Å². The molecule has 0 aliphatic carbocycles. The highest BCUT2D eigenvalue weighted by atomic mass is 16.5. The molecule has 0 aromatic heterocycles. The molecule has 0 aromatic carbocycles. The average molecular weight is 252 g/mol. The Morgan fingerprint density at radius 2 is 2.00 bits per heavy atom. The van der Waals surface area contributed by atoms with E-state index in [0.717, 1.165) is 19.3 Å². The molecule has 18 heavy (non-hydrogen) atoms. The van der Waals surface area contributed by atoms with Gasteiger partial charge in [0.1, 0.15) is 6.61 Å². The highest BCUT2D eigenvalue weighted by molar-refractivity contribution is 5.88. The summed E-state index contributed by atoms with van der Waals surface area (Å²) < 4.78 is 4.71. The Labute approximate surface area is 110 Å². The van der Waals surface area contributed by atoms with Crippen LogP contribution >= 0.6 is 0 Å². The van der Waals surface area contributed by atoms with E-state index in [0.29, 0.717) is 17.8 Å². The number of esters is 1. The van der Waals surface area contributed by atoms with Gasteiger partial charge >= 0.3 is 5.97 Å². The molecule has 0 fully saturated rings. The minimum absolute atomic E-state index is 0.166. The lowest BCUT2D eigenvalue weighted by atomic mass is 9.97. The maximum Gasteiger partial charge on any atom is 0.333 e. The van der Waals surface area contributed by atoms with E-state index in [1.54, 1.807) is 6.92 Å². The Balaban J connectivity index is 3.99. The average Bonchev–Trinajstić information content (AvgIpc) is 2.35. The third kappa shape index (κ3) is 7.82. The quantitative estimate of drug-likeness (QED) is 0.287. The van der Waals surface area contributed by atoms with Gasteiger partial charge in [-0.3, -0.25) is 4.79 Å². The van der Waals surface area contributed by atoms with Crippen LogP contribution in [0.25, 0.3) is 0 Å². The predicted octanol–water partition coefficient (Wildman–Crippen LogP) is 3.45. The van der Waals surface area contributed by atoms with Crippen LogP contribution in [0.1, 0.15) is 47.0 Å². The molecule has 0 spiro atoms. The lowest BCUT2D eigenvalue weighted by molar-refractivity contribution is -0.141. The summed E-state index contributed by atoms with van der Waals surface area (Å²) in [7, 11) is 0. The third-order valence-corrected chi connectivity index (χ3v) is 2.88. The van der Waals surface area contributed by atoms with E-state index in [9.17, 15) is 9.59 Å². The van der Waals surface area contributed by atoms with Crippen molar-refractivity contribution >= 4 is 12.3 Å². The zero-order chi connectivity index (χ0) is 14.0. The minimum atomic E-state index is -0.403. The van der Waals surface area contributed by atoms with Gasteiger partial charge in [-0.2, -0.15) is 0 Å². The van der Waals surface area contributed by atoms with Gasteiger partial charge in [0.25, 0.3) is 0 Å². The molecule has 102 valence electrons. The molecule has 0 N–H and O–H groups in total. The minimum Gasteiger partial charge on any atom is -0.455 e. The van der Waals surface area contributed by atoms with E-state index in [1.165, 1.54) is 5.57 Å². The normalized spacial score (nSPS) is 14.2. The van der Waals surface area contributed by atoms with E-state index in [4.69, 9.17) is 4.74 Å². The highest BCUT2D eigenvalue weighted by Crippen LogP contribution is 2.16. The first kappa shape index (κ1) is 16.6. The van der Waals surface area contributed by atoms with Crippen molar-refractivity contribution in [2.75, 3.05) is 6.61 Å². The highest BCUT2D eigenvalue weighted by Gasteiger charge is 2.06. The molecule has 0 saturated carbocycles. The number of hydrogen-bond donors (Lipinski definition) is 0. The van der Waals surface area contributed by atoms with Gasteiger partial charge in [0.05, 0.1) is 0 Å². The molecule has 0 amide bonds. The Morgan fingerprint density at radius 1 is 1.33 bits per heavy atom. The fourth-order valence-corrected chi connectivity index (χ4v) is 1.66. The molecule has 3 heteroatoms. The molecule has 0 saturated heterocycles. The SMILES string of the molecule is C/C=C(\C)CC(C)CC/C=C(\C)C(=O)OCC=O. The van der Waals surface area contributed by atoms with E-state index in [-0.39, 0.29) is 6.61 Å². The molecular formula is C15H24O3. The van der Waals surface area contributed by atoms with Crippen LogP contribution in [0, 0.1) is 5.92 Å². The Morgan fingerprint density at radius 3 is 2.56 bits per heavy atom. The van der Waals surface area contributed by atoms with Gasteiger partial charge in [-0.15, -0.1) is 0 Å². The van der Waals surface area contributed by atoms with Gasteiger partial charge in [0, 0.05) is 5.57 Å². The van der Waals surface area contributed by atoms with E-state index < -0.39 is 5.97 Å². The summed E-state index contributed by atoms with van der Waals surface area (Å²) in [5.41, 5.74) is 1.97. The van der Waals surface area contributed by atoms with E-state index >= 15 is 0 Å². The largest absolute Gasteiger partial charge is 0.455 e. The number of rotatable bonds is 8. The maximum atomic E-state index is 11.3. The molecule has 0 aliphatic rings. The van der Waals surface area contributed by atoms with Gasteiger partial charge < -0.3 is 4.74 Å². The van der Waals surface area contributed by atoms with Crippen molar-refractivity contribution in [2.45, 2.75) is 47.0 Å². The maximum absolute atomic E-state index is 11.3. The van der Waals surface area contributed by atoms with Gasteiger partial charge in [0.2, 0.25) is 0 Å². The number of carbonyl (C=O) groups is 2. The molecule has 0 heterocycles. The molecule has 0 aromatic rings. The Kier molecular flexibility index (Phi) is 8.89. The molecule has 0 aliphatic heterocycles. The lowest BCUT2D eigenvalue weighted by Gasteiger charge is -2.10. The summed E-state index contributed by atoms with van der Waals surface area (Å²) >= 11 is 0. The first-order valence-corrected chi connectivity index (χ1v) is 6.40. The second kappa shape index (κ2) is 9.63. The van der Waals surface area contributed by atoms with Crippen LogP contribution in [0.15, 0.2) is 23.3 Å². The fraction of sp³-hybridized carbons (Fsp3) is 0.600. The number of ether oxygens (including phenoxy) is 1. The summed E-state index contributed by atoms with van der Waals surface area (Å²) in [5.74, 6) is 0.204. The second-order valence-electron chi connectivity index (χ2n) is 4.67. The van der Waals surface area contributed by atoms with Crippen LogP contribution in [0.4, 0.5) is 0 Å².